The van der Waals surface area contributed by atoms with Gasteiger partial charge in [0.15, 0.2) is 0 Å². The Balaban J connectivity index is 2.81. The molecule has 17 heavy (non-hydrogen) atoms. The van der Waals surface area contributed by atoms with Crippen LogP contribution in [0.3, 0.4) is 0 Å². The zero-order valence-corrected chi connectivity index (χ0v) is 9.42. The minimum Gasteiger partial charge on any atom is -0.481 e. The Morgan fingerprint density at radius 2 is 1.94 bits per heavy atom. The molecule has 1 aromatic carbocycles. The molecule has 0 aromatic heterocycles. The molecule has 0 aliphatic rings. The van der Waals surface area contributed by atoms with Gasteiger partial charge in [-0.05, 0) is 18.1 Å². The van der Waals surface area contributed by atoms with Crippen molar-refractivity contribution in [2.45, 2.75) is 19.0 Å². The Kier molecular flexibility index (Phi) is 4.40. The molecular weight excluding hydrogens is 257 g/mol. The molecular formula is C11H10ClF3O2. The highest BCUT2D eigenvalue weighted by atomic mass is 35.5. The monoisotopic (exact) mass is 266 g/mol. The van der Waals surface area contributed by atoms with E-state index in [1.807, 2.05) is 0 Å². The second-order valence-electron chi connectivity index (χ2n) is 3.65. The molecule has 1 atom stereocenters. The van der Waals surface area contributed by atoms with Crippen molar-refractivity contribution in [2.24, 2.45) is 5.92 Å². The lowest BCUT2D eigenvalue weighted by Gasteiger charge is -2.15. The highest BCUT2D eigenvalue weighted by Gasteiger charge is 2.35. The zero-order valence-electron chi connectivity index (χ0n) is 8.67. The molecule has 0 spiro atoms. The molecule has 0 saturated heterocycles. The summed E-state index contributed by atoms with van der Waals surface area (Å²) < 4.78 is 36.5. The van der Waals surface area contributed by atoms with Crippen molar-refractivity contribution < 1.29 is 23.1 Å². The first kappa shape index (κ1) is 13.8. The largest absolute Gasteiger partial charge is 0.481 e. The van der Waals surface area contributed by atoms with Crippen LogP contribution < -0.4 is 0 Å². The van der Waals surface area contributed by atoms with Crippen molar-refractivity contribution >= 4 is 17.6 Å². The van der Waals surface area contributed by atoms with Crippen molar-refractivity contribution in [2.75, 3.05) is 0 Å². The average Bonchev–Trinajstić information content (AvgIpc) is 2.18. The topological polar surface area (TPSA) is 37.3 Å². The highest BCUT2D eigenvalue weighted by molar-refractivity contribution is 6.31. The van der Waals surface area contributed by atoms with Gasteiger partial charge in [-0.3, -0.25) is 4.79 Å². The van der Waals surface area contributed by atoms with E-state index >= 15 is 0 Å². The number of alkyl halides is 3. The van der Waals surface area contributed by atoms with E-state index in [1.165, 1.54) is 12.1 Å². The number of carboxylic acid groups (broad SMARTS) is 1. The first-order valence-corrected chi connectivity index (χ1v) is 5.20. The first-order valence-electron chi connectivity index (χ1n) is 4.82. The van der Waals surface area contributed by atoms with Crippen molar-refractivity contribution in [3.63, 3.8) is 0 Å². The minimum absolute atomic E-state index is 0.228. The van der Waals surface area contributed by atoms with E-state index in [4.69, 9.17) is 16.7 Å². The molecule has 0 fully saturated rings. The molecule has 0 bridgehead atoms. The third-order valence-corrected chi connectivity index (χ3v) is 2.62. The molecule has 0 heterocycles. The summed E-state index contributed by atoms with van der Waals surface area (Å²) in [7, 11) is 0. The third kappa shape index (κ3) is 4.65. The Morgan fingerprint density at radius 3 is 2.41 bits per heavy atom. The first-order chi connectivity index (χ1) is 7.79. The van der Waals surface area contributed by atoms with Crippen LogP contribution in [-0.2, 0) is 11.2 Å². The van der Waals surface area contributed by atoms with Crippen molar-refractivity contribution in [1.82, 2.24) is 0 Å². The second kappa shape index (κ2) is 5.40. The Bertz CT molecular complexity index is 404. The van der Waals surface area contributed by atoms with E-state index in [0.717, 1.165) is 0 Å². The predicted molar refractivity (Wildman–Crippen MR) is 57.0 cm³/mol. The second-order valence-corrected chi connectivity index (χ2v) is 4.06. The summed E-state index contributed by atoms with van der Waals surface area (Å²) in [5, 5.41) is 9.02. The van der Waals surface area contributed by atoms with Crippen LogP contribution in [0.5, 0.6) is 0 Å². The van der Waals surface area contributed by atoms with Crippen LogP contribution >= 0.6 is 11.6 Å². The number of carbonyl (C=O) groups is 1. The zero-order chi connectivity index (χ0) is 13.1. The third-order valence-electron chi connectivity index (χ3n) is 2.25. The molecule has 0 aliphatic carbocycles. The van der Waals surface area contributed by atoms with Gasteiger partial charge in [-0.25, -0.2) is 0 Å². The molecule has 1 unspecified atom stereocenters. The van der Waals surface area contributed by atoms with Crippen LogP contribution in [0.1, 0.15) is 12.0 Å². The molecule has 94 valence electrons. The van der Waals surface area contributed by atoms with Crippen LogP contribution in [0.2, 0.25) is 5.02 Å². The number of rotatable bonds is 4. The van der Waals surface area contributed by atoms with Gasteiger partial charge < -0.3 is 5.11 Å². The molecule has 2 nitrogen and oxygen atoms in total. The lowest BCUT2D eigenvalue weighted by atomic mass is 9.96. The van der Waals surface area contributed by atoms with Gasteiger partial charge in [0.25, 0.3) is 0 Å². The Morgan fingerprint density at radius 1 is 1.35 bits per heavy atom. The van der Waals surface area contributed by atoms with Gasteiger partial charge in [-0.1, -0.05) is 29.8 Å². The van der Waals surface area contributed by atoms with Crippen molar-refractivity contribution in [3.05, 3.63) is 34.9 Å². The lowest BCUT2D eigenvalue weighted by Crippen LogP contribution is -2.24. The van der Waals surface area contributed by atoms with Crippen molar-refractivity contribution in [1.29, 1.82) is 0 Å². The fourth-order valence-electron chi connectivity index (χ4n) is 1.46. The fourth-order valence-corrected chi connectivity index (χ4v) is 1.67. The number of carboxylic acids is 1. The van der Waals surface area contributed by atoms with Crippen LogP contribution in [0, 0.1) is 5.92 Å². The maximum Gasteiger partial charge on any atom is 0.389 e. The molecule has 1 rings (SSSR count). The van der Waals surface area contributed by atoms with Crippen LogP contribution in [0.15, 0.2) is 24.3 Å². The smallest absolute Gasteiger partial charge is 0.389 e. The summed E-state index contributed by atoms with van der Waals surface area (Å²) in [6.45, 7) is 0. The SMILES string of the molecule is O=C(O)C(Cc1ccccc1Cl)CC(F)(F)F. The van der Waals surface area contributed by atoms with E-state index in [9.17, 15) is 18.0 Å². The van der Waals surface area contributed by atoms with Gasteiger partial charge in [0.05, 0.1) is 12.3 Å². The summed E-state index contributed by atoms with van der Waals surface area (Å²) in [4.78, 5) is 10.7. The fraction of sp³-hybridized carbons (Fsp3) is 0.364. The highest BCUT2D eigenvalue weighted by Crippen LogP contribution is 2.28. The van der Waals surface area contributed by atoms with Crippen LogP contribution in [0.4, 0.5) is 13.2 Å². The van der Waals surface area contributed by atoms with Crippen LogP contribution in [-0.4, -0.2) is 17.3 Å². The standard InChI is InChI=1S/C11H10ClF3O2/c12-9-4-2-1-3-7(9)5-8(10(16)17)6-11(13,14)15/h1-4,8H,5-6H2,(H,16,17). The van der Waals surface area contributed by atoms with E-state index in [0.29, 0.717) is 5.56 Å². The Hall–Kier alpha value is -1.23. The summed E-state index contributed by atoms with van der Waals surface area (Å²) >= 11 is 5.77. The van der Waals surface area contributed by atoms with E-state index in [1.54, 1.807) is 12.1 Å². The van der Waals surface area contributed by atoms with Gasteiger partial charge in [-0.15, -0.1) is 0 Å². The summed E-state index contributed by atoms with van der Waals surface area (Å²) in [6, 6.07) is 6.27. The molecule has 0 saturated carbocycles. The molecule has 6 heteroatoms. The molecule has 0 radical (unpaired) electrons. The van der Waals surface area contributed by atoms with E-state index in [2.05, 4.69) is 0 Å². The maximum atomic E-state index is 12.2. The molecule has 1 aromatic rings. The molecule has 0 aliphatic heterocycles. The van der Waals surface area contributed by atoms with Gasteiger partial charge in [-0.2, -0.15) is 13.2 Å². The number of hydrogen-bond donors (Lipinski definition) is 1. The quantitative estimate of drug-likeness (QED) is 0.905. The summed E-state index contributed by atoms with van der Waals surface area (Å²) in [5.74, 6) is -2.97. The number of aliphatic carboxylic acids is 1. The van der Waals surface area contributed by atoms with Gasteiger partial charge in [0, 0.05) is 5.02 Å². The van der Waals surface area contributed by atoms with Gasteiger partial charge >= 0.3 is 12.1 Å². The minimum atomic E-state index is -4.50. The van der Waals surface area contributed by atoms with Gasteiger partial charge in [0.2, 0.25) is 0 Å². The normalized spacial score (nSPS) is 13.4. The lowest BCUT2D eigenvalue weighted by molar-refractivity contribution is -0.163. The summed E-state index contributed by atoms with van der Waals surface area (Å²) in [6.07, 6.45) is -6.08. The maximum absolute atomic E-state index is 12.2. The Labute approximate surface area is 101 Å². The van der Waals surface area contributed by atoms with Crippen LogP contribution in [0.25, 0.3) is 0 Å². The van der Waals surface area contributed by atoms with Gasteiger partial charge in [0.1, 0.15) is 0 Å². The number of halogens is 4. The molecule has 0 amide bonds. The van der Waals surface area contributed by atoms with E-state index < -0.39 is 24.5 Å². The molecule has 1 N–H and O–H groups in total. The summed E-state index contributed by atoms with van der Waals surface area (Å²) in [5.41, 5.74) is 0.408. The predicted octanol–water partition coefficient (Wildman–Crippen LogP) is 3.54. The van der Waals surface area contributed by atoms with E-state index in [-0.39, 0.29) is 11.4 Å². The number of hydrogen-bond acceptors (Lipinski definition) is 1. The average molecular weight is 267 g/mol. The van der Waals surface area contributed by atoms with Crippen molar-refractivity contribution in [3.8, 4) is 0 Å². The number of benzene rings is 1.